The molecule has 1 saturated carbocycles. The molecule has 1 aliphatic carbocycles. The fourth-order valence-electron chi connectivity index (χ4n) is 5.73. The molecule has 2 amide bonds. The maximum Gasteiger partial charge on any atom is 0.317 e. The van der Waals surface area contributed by atoms with E-state index in [0.29, 0.717) is 43.7 Å². The van der Waals surface area contributed by atoms with Crippen molar-refractivity contribution in [1.29, 1.82) is 5.26 Å². The number of rotatable bonds is 5. The van der Waals surface area contributed by atoms with Gasteiger partial charge < -0.3 is 24.7 Å². The van der Waals surface area contributed by atoms with Crippen molar-refractivity contribution in [2.45, 2.75) is 57.1 Å². The number of aromatic nitrogens is 2. The smallest absolute Gasteiger partial charge is 0.317 e. The average Bonchev–Trinajstić information content (AvgIpc) is 3.63. The van der Waals surface area contributed by atoms with Crippen molar-refractivity contribution < 1.29 is 14.3 Å². The molecular weight excluding hydrogens is 478 g/mol. The summed E-state index contributed by atoms with van der Waals surface area (Å²) in [5.41, 5.74) is 5.54. The van der Waals surface area contributed by atoms with Crippen molar-refractivity contribution in [3.05, 3.63) is 53.9 Å². The predicted octanol–water partition coefficient (Wildman–Crippen LogP) is 5.40. The lowest BCUT2D eigenvalue weighted by Crippen LogP contribution is -2.45. The fraction of sp³-hybridized carbons (Fsp3) is 0.433. The van der Waals surface area contributed by atoms with Crippen LogP contribution in [0, 0.1) is 11.3 Å². The summed E-state index contributed by atoms with van der Waals surface area (Å²) in [5, 5.41) is 14.0. The summed E-state index contributed by atoms with van der Waals surface area (Å²) in [6, 6.07) is 10.6. The molecule has 3 aliphatic rings. The lowest BCUT2D eigenvalue weighted by Gasteiger charge is -2.28. The summed E-state index contributed by atoms with van der Waals surface area (Å²) < 4.78 is 11.6. The Morgan fingerprint density at radius 3 is 2.76 bits per heavy atom. The second kappa shape index (κ2) is 10.9. The van der Waals surface area contributed by atoms with Crippen LogP contribution in [0.3, 0.4) is 0 Å². The van der Waals surface area contributed by atoms with E-state index >= 15 is 0 Å². The molecule has 38 heavy (non-hydrogen) atoms. The monoisotopic (exact) mass is 511 g/mol. The largest absolute Gasteiger partial charge is 0.489 e. The van der Waals surface area contributed by atoms with E-state index in [9.17, 15) is 10.1 Å². The summed E-state index contributed by atoms with van der Waals surface area (Å²) in [7, 11) is 0. The first-order chi connectivity index (χ1) is 18.7. The Labute approximate surface area is 222 Å². The lowest BCUT2D eigenvalue weighted by molar-refractivity contribution is 0.0254. The van der Waals surface area contributed by atoms with Gasteiger partial charge in [0, 0.05) is 55.3 Å². The second-order valence-electron chi connectivity index (χ2n) is 10.4. The molecular formula is C30H33N5O3. The number of amides is 2. The van der Waals surface area contributed by atoms with Gasteiger partial charge in [-0.3, -0.25) is 0 Å². The molecule has 2 fully saturated rings. The Hall–Kier alpha value is -3.83. The number of hydrogen-bond donors (Lipinski definition) is 2. The van der Waals surface area contributed by atoms with Crippen LogP contribution in [-0.4, -0.2) is 59.3 Å². The topological polar surface area (TPSA) is 103 Å². The van der Waals surface area contributed by atoms with E-state index in [4.69, 9.17) is 9.47 Å². The van der Waals surface area contributed by atoms with Gasteiger partial charge in [0.1, 0.15) is 23.6 Å². The van der Waals surface area contributed by atoms with Gasteiger partial charge in [-0.05, 0) is 54.2 Å². The van der Waals surface area contributed by atoms with E-state index in [-0.39, 0.29) is 12.1 Å². The van der Waals surface area contributed by atoms with E-state index in [1.165, 1.54) is 18.4 Å². The molecule has 0 bridgehead atoms. The highest BCUT2D eigenvalue weighted by Gasteiger charge is 2.23. The Morgan fingerprint density at radius 1 is 1.16 bits per heavy atom. The number of nitrogens with zero attached hydrogens (tertiary/aromatic N) is 3. The number of nitrogens with one attached hydrogen (secondary N) is 2. The van der Waals surface area contributed by atoms with Crippen molar-refractivity contribution in [3.8, 4) is 22.9 Å². The van der Waals surface area contributed by atoms with Gasteiger partial charge >= 0.3 is 6.03 Å². The van der Waals surface area contributed by atoms with Crippen LogP contribution < -0.4 is 10.1 Å². The molecule has 196 valence electrons. The number of H-pyrrole nitrogens is 1. The van der Waals surface area contributed by atoms with E-state index in [1.807, 2.05) is 35.5 Å². The van der Waals surface area contributed by atoms with Gasteiger partial charge in [0.25, 0.3) is 0 Å². The van der Waals surface area contributed by atoms with Crippen LogP contribution in [0.5, 0.6) is 5.75 Å². The molecule has 3 aromatic rings. The van der Waals surface area contributed by atoms with Gasteiger partial charge in [-0.1, -0.05) is 25.0 Å². The maximum absolute atomic E-state index is 12.7. The molecule has 0 unspecified atom stereocenters. The van der Waals surface area contributed by atoms with Crippen LogP contribution >= 0.6 is 0 Å². The highest BCUT2D eigenvalue weighted by Crippen LogP contribution is 2.34. The van der Waals surface area contributed by atoms with E-state index in [0.717, 1.165) is 59.8 Å². The van der Waals surface area contributed by atoms with Crippen LogP contribution in [0.2, 0.25) is 0 Å². The zero-order chi connectivity index (χ0) is 25.9. The summed E-state index contributed by atoms with van der Waals surface area (Å²) in [4.78, 5) is 22.5. The first-order valence-electron chi connectivity index (χ1n) is 13.7. The zero-order valence-corrected chi connectivity index (χ0v) is 21.5. The van der Waals surface area contributed by atoms with Crippen LogP contribution in [0.25, 0.3) is 27.7 Å². The first-order valence-corrected chi connectivity index (χ1v) is 13.7. The summed E-state index contributed by atoms with van der Waals surface area (Å²) in [6.07, 6.45) is 13.1. The Bertz CT molecular complexity index is 1390. The third kappa shape index (κ3) is 5.11. The number of ether oxygens (including phenoxy) is 2. The number of hydrogen-bond acceptors (Lipinski definition) is 5. The molecule has 8 heteroatoms. The number of benzene rings is 1. The molecule has 1 saturated heterocycles. The molecule has 2 aliphatic heterocycles. The van der Waals surface area contributed by atoms with Gasteiger partial charge in [-0.25, -0.2) is 9.78 Å². The summed E-state index contributed by atoms with van der Waals surface area (Å²) >= 11 is 0. The SMILES string of the molecule is N#Cc1cc(-c2c[nH]c3ncc(C4=CCN(C(=O)NC5CCCC5)CC4)cc23)ccc1OC1CCOCC1. The lowest BCUT2D eigenvalue weighted by atomic mass is 9.98. The van der Waals surface area contributed by atoms with Gasteiger partial charge in [0.2, 0.25) is 0 Å². The summed E-state index contributed by atoms with van der Waals surface area (Å²) in [5.74, 6) is 0.621. The number of carbonyl (C=O) groups is 1. The van der Waals surface area contributed by atoms with Crippen molar-refractivity contribution in [3.63, 3.8) is 0 Å². The minimum absolute atomic E-state index is 0.0474. The molecule has 2 aromatic heterocycles. The average molecular weight is 512 g/mol. The second-order valence-corrected chi connectivity index (χ2v) is 10.4. The molecule has 4 heterocycles. The third-order valence-corrected chi connectivity index (χ3v) is 7.95. The minimum Gasteiger partial charge on any atom is -0.489 e. The van der Waals surface area contributed by atoms with E-state index < -0.39 is 0 Å². The van der Waals surface area contributed by atoms with Crippen molar-refractivity contribution >= 4 is 22.6 Å². The molecule has 1 aromatic carbocycles. The number of urea groups is 1. The van der Waals surface area contributed by atoms with Crippen molar-refractivity contribution in [2.75, 3.05) is 26.3 Å². The first kappa shape index (κ1) is 24.5. The molecule has 6 rings (SSSR count). The number of fused-ring (bicyclic) bond motifs is 1. The van der Waals surface area contributed by atoms with Crippen molar-refractivity contribution in [2.24, 2.45) is 0 Å². The predicted molar refractivity (Wildman–Crippen MR) is 146 cm³/mol. The van der Waals surface area contributed by atoms with E-state index in [2.05, 4.69) is 33.5 Å². The molecule has 0 radical (unpaired) electrons. The zero-order valence-electron chi connectivity index (χ0n) is 21.5. The highest BCUT2D eigenvalue weighted by molar-refractivity contribution is 5.95. The Morgan fingerprint density at radius 2 is 2.00 bits per heavy atom. The van der Waals surface area contributed by atoms with Crippen LogP contribution in [-0.2, 0) is 4.74 Å². The van der Waals surface area contributed by atoms with Crippen molar-refractivity contribution in [1.82, 2.24) is 20.2 Å². The quantitative estimate of drug-likeness (QED) is 0.477. The number of nitriles is 1. The molecule has 8 nitrogen and oxygen atoms in total. The van der Waals surface area contributed by atoms with Crippen LogP contribution in [0.1, 0.15) is 56.1 Å². The number of pyridine rings is 1. The fourth-order valence-corrected chi connectivity index (χ4v) is 5.73. The maximum atomic E-state index is 12.7. The minimum atomic E-state index is 0.0474. The van der Waals surface area contributed by atoms with Gasteiger partial charge in [0.15, 0.2) is 0 Å². The number of carbonyl (C=O) groups excluding carboxylic acids is 1. The van der Waals surface area contributed by atoms with Gasteiger partial charge in [0.05, 0.1) is 18.8 Å². The van der Waals surface area contributed by atoms with Gasteiger partial charge in [-0.2, -0.15) is 5.26 Å². The Balaban J connectivity index is 1.20. The Kier molecular flexibility index (Phi) is 7.02. The third-order valence-electron chi connectivity index (χ3n) is 7.95. The summed E-state index contributed by atoms with van der Waals surface area (Å²) in [6.45, 7) is 2.68. The number of aromatic amines is 1. The molecule has 0 spiro atoms. The molecule has 2 N–H and O–H groups in total. The highest BCUT2D eigenvalue weighted by atomic mass is 16.5. The van der Waals surface area contributed by atoms with E-state index in [1.54, 1.807) is 0 Å². The molecule has 0 atom stereocenters. The standard InChI is InChI=1S/C30H33N5O3/c31-17-22-15-21(5-6-28(22)38-25-9-13-37-14-10-25)27-19-33-29-26(27)16-23(18-32-29)20-7-11-35(12-8-20)30(36)34-24-3-1-2-4-24/h5-7,15-16,18-19,24-25H,1-4,8-14H2,(H,32,33)(H,34,36). The van der Waals surface area contributed by atoms with Gasteiger partial charge in [-0.15, -0.1) is 0 Å². The normalized spacial score (nSPS) is 18.8. The van der Waals surface area contributed by atoms with Crippen LogP contribution in [0.15, 0.2) is 42.7 Å². The van der Waals surface area contributed by atoms with Crippen LogP contribution in [0.4, 0.5) is 4.79 Å².